The van der Waals surface area contributed by atoms with Gasteiger partial charge in [0, 0.05) is 11.8 Å². The van der Waals surface area contributed by atoms with Crippen LogP contribution in [0.1, 0.15) is 25.1 Å². The second kappa shape index (κ2) is 12.9. The molecule has 5 atom stereocenters. The zero-order valence-electron chi connectivity index (χ0n) is 24.0. The predicted molar refractivity (Wildman–Crippen MR) is 161 cm³/mol. The number of carbonyl (C=O) groups is 1. The number of imidazole rings is 1. The van der Waals surface area contributed by atoms with Crippen LogP contribution >= 0.6 is 7.75 Å². The lowest BCUT2D eigenvalue weighted by atomic mass is 10.1. The number of anilines is 1. The predicted octanol–water partition coefficient (Wildman–Crippen LogP) is 4.27. The molecule has 2 unspecified atom stereocenters. The second-order valence-electron chi connectivity index (χ2n) is 10.5. The Bertz CT molecular complexity index is 1870. The number of nitrogens with zero attached hydrogens (tertiary/aromatic N) is 4. The fraction of sp³-hybridized carbons (Fsp3) is 0.267. The first kappa shape index (κ1) is 30.6. The van der Waals surface area contributed by atoms with Gasteiger partial charge < -0.3 is 24.8 Å². The summed E-state index contributed by atoms with van der Waals surface area (Å²) in [4.78, 5) is 24.2. The van der Waals surface area contributed by atoms with E-state index in [1.807, 2.05) is 60.7 Å². The largest absolute Gasteiger partial charge is 0.460 e. The average molecular weight is 637 g/mol. The lowest BCUT2D eigenvalue weighted by Gasteiger charge is -2.24. The lowest BCUT2D eigenvalue weighted by Crippen LogP contribution is -2.35. The molecule has 6 rings (SSSR count). The minimum atomic E-state index is -4.27. The van der Waals surface area contributed by atoms with Gasteiger partial charge in [0.2, 0.25) is 0 Å². The van der Waals surface area contributed by atoms with E-state index in [4.69, 9.17) is 24.3 Å². The van der Waals surface area contributed by atoms with E-state index in [0.717, 1.165) is 10.9 Å². The molecule has 0 saturated carbocycles. The van der Waals surface area contributed by atoms with Crippen LogP contribution in [-0.4, -0.2) is 55.5 Å². The monoisotopic (exact) mass is 636 g/mol. The van der Waals surface area contributed by atoms with Gasteiger partial charge in [-0.15, -0.1) is 0 Å². The maximum absolute atomic E-state index is 14.2. The van der Waals surface area contributed by atoms with Crippen molar-refractivity contribution in [3.8, 4) is 5.75 Å². The number of benzene rings is 3. The van der Waals surface area contributed by atoms with Gasteiger partial charge in [-0.2, -0.15) is 19.4 Å². The van der Waals surface area contributed by atoms with Gasteiger partial charge in [-0.1, -0.05) is 66.7 Å². The molecule has 234 valence electrons. The summed E-state index contributed by atoms with van der Waals surface area (Å²) >= 11 is 0. The van der Waals surface area contributed by atoms with E-state index < -0.39 is 44.3 Å². The van der Waals surface area contributed by atoms with Crippen molar-refractivity contribution >= 4 is 41.5 Å². The topological polar surface area (TPSA) is 173 Å². The molecule has 3 aromatic carbocycles. The summed E-state index contributed by atoms with van der Waals surface area (Å²) in [6.45, 7) is 1.21. The summed E-state index contributed by atoms with van der Waals surface area (Å²) in [6, 6.07) is 20.7. The van der Waals surface area contributed by atoms with Crippen molar-refractivity contribution in [2.24, 2.45) is 0 Å². The number of hydrogen-bond donors (Lipinski definition) is 3. The van der Waals surface area contributed by atoms with Gasteiger partial charge >= 0.3 is 19.8 Å². The number of halogens is 1. The SMILES string of the molecule is C[C@H](NP(=O)(OC[C@@H]1CC(O)[C@H](n2cnc3c(N)nc(F)nc32)O1)Oc1cccc2ccccc12)C(=O)OCc1ccccc1. The molecular weight excluding hydrogens is 606 g/mol. The second-order valence-corrected chi connectivity index (χ2v) is 12.2. The van der Waals surface area contributed by atoms with Crippen LogP contribution in [0, 0.1) is 6.08 Å². The summed E-state index contributed by atoms with van der Waals surface area (Å²) in [7, 11) is -4.27. The van der Waals surface area contributed by atoms with Crippen LogP contribution in [0.25, 0.3) is 21.9 Å². The van der Waals surface area contributed by atoms with E-state index in [0.29, 0.717) is 5.39 Å². The van der Waals surface area contributed by atoms with Crippen LogP contribution in [0.15, 0.2) is 79.1 Å². The Morgan fingerprint density at radius 1 is 1.16 bits per heavy atom. The number of aliphatic hydroxyl groups excluding tert-OH is 1. The summed E-state index contributed by atoms with van der Waals surface area (Å²) in [5.41, 5.74) is 6.74. The summed E-state index contributed by atoms with van der Waals surface area (Å²) in [5, 5.41) is 15.0. The average Bonchev–Trinajstić information content (AvgIpc) is 3.62. The van der Waals surface area contributed by atoms with E-state index in [1.165, 1.54) is 17.8 Å². The molecule has 0 spiro atoms. The van der Waals surface area contributed by atoms with Crippen LogP contribution < -0.4 is 15.3 Å². The van der Waals surface area contributed by atoms with Crippen molar-refractivity contribution in [1.82, 2.24) is 24.6 Å². The van der Waals surface area contributed by atoms with Gasteiger partial charge in [0.05, 0.1) is 19.0 Å². The molecular formula is C30H30FN6O7P. The molecule has 3 heterocycles. The highest BCUT2D eigenvalue weighted by molar-refractivity contribution is 7.52. The van der Waals surface area contributed by atoms with Crippen LogP contribution in [0.2, 0.25) is 0 Å². The normalized spacial score (nSPS) is 20.2. The molecule has 15 heteroatoms. The molecule has 4 N–H and O–H groups in total. The Labute approximate surface area is 256 Å². The number of rotatable bonds is 11. The van der Waals surface area contributed by atoms with Gasteiger partial charge in [-0.25, -0.2) is 9.55 Å². The maximum Gasteiger partial charge on any atom is 0.459 e. The van der Waals surface area contributed by atoms with Gasteiger partial charge in [-0.05, 0) is 23.9 Å². The highest BCUT2D eigenvalue weighted by Crippen LogP contribution is 2.47. The molecule has 1 fully saturated rings. The van der Waals surface area contributed by atoms with E-state index in [2.05, 4.69) is 20.0 Å². The first-order valence-electron chi connectivity index (χ1n) is 14.1. The van der Waals surface area contributed by atoms with E-state index in [9.17, 15) is 18.9 Å². The Kier molecular flexibility index (Phi) is 8.74. The van der Waals surface area contributed by atoms with Crippen molar-refractivity contribution in [1.29, 1.82) is 0 Å². The fourth-order valence-electron chi connectivity index (χ4n) is 5.00. The molecule has 0 aliphatic carbocycles. The minimum Gasteiger partial charge on any atom is -0.460 e. The highest BCUT2D eigenvalue weighted by Gasteiger charge is 2.40. The number of hydrogen-bond acceptors (Lipinski definition) is 11. The molecule has 0 radical (unpaired) electrons. The fourth-order valence-corrected chi connectivity index (χ4v) is 6.54. The summed E-state index contributed by atoms with van der Waals surface area (Å²) < 4.78 is 52.7. The Hall–Kier alpha value is -4.46. The number of aliphatic hydroxyl groups is 1. The van der Waals surface area contributed by atoms with Gasteiger partial charge in [-0.3, -0.25) is 13.9 Å². The van der Waals surface area contributed by atoms with Crippen molar-refractivity contribution < 1.29 is 37.4 Å². The molecule has 0 amide bonds. The van der Waals surface area contributed by atoms with Gasteiger partial charge in [0.1, 0.15) is 24.5 Å². The van der Waals surface area contributed by atoms with Crippen LogP contribution in [0.5, 0.6) is 5.75 Å². The molecule has 1 saturated heterocycles. The number of fused-ring (bicyclic) bond motifs is 2. The summed E-state index contributed by atoms with van der Waals surface area (Å²) in [6.07, 6.45) is -2.55. The molecule has 1 aliphatic heterocycles. The van der Waals surface area contributed by atoms with E-state index in [1.54, 1.807) is 12.1 Å². The quantitative estimate of drug-likeness (QED) is 0.107. The first-order chi connectivity index (χ1) is 21.7. The maximum atomic E-state index is 14.2. The van der Waals surface area contributed by atoms with Crippen molar-refractivity contribution in [2.75, 3.05) is 12.3 Å². The van der Waals surface area contributed by atoms with Gasteiger partial charge in [0.25, 0.3) is 0 Å². The first-order valence-corrected chi connectivity index (χ1v) is 15.6. The highest BCUT2D eigenvalue weighted by atomic mass is 31.2. The molecule has 5 aromatic rings. The third kappa shape index (κ3) is 6.80. The van der Waals surface area contributed by atoms with Crippen LogP contribution in [0.3, 0.4) is 0 Å². The minimum absolute atomic E-state index is 0.0274. The number of aromatic nitrogens is 4. The third-order valence-electron chi connectivity index (χ3n) is 7.19. The van der Waals surface area contributed by atoms with E-state index >= 15 is 0 Å². The van der Waals surface area contributed by atoms with Crippen LogP contribution in [-0.2, 0) is 30.0 Å². The number of carbonyl (C=O) groups excluding carboxylic acids is 1. The lowest BCUT2D eigenvalue weighted by molar-refractivity contribution is -0.146. The van der Waals surface area contributed by atoms with Crippen LogP contribution in [0.4, 0.5) is 10.2 Å². The van der Waals surface area contributed by atoms with Gasteiger partial charge in [0.15, 0.2) is 23.2 Å². The summed E-state index contributed by atoms with van der Waals surface area (Å²) in [5.74, 6) is -0.557. The Morgan fingerprint density at radius 2 is 1.91 bits per heavy atom. The number of nitrogens with two attached hydrogens (primary N) is 1. The number of ether oxygens (including phenoxy) is 2. The molecule has 13 nitrogen and oxygen atoms in total. The third-order valence-corrected chi connectivity index (χ3v) is 8.82. The molecule has 0 bridgehead atoms. The Balaban J connectivity index is 1.19. The molecule has 45 heavy (non-hydrogen) atoms. The smallest absolute Gasteiger partial charge is 0.459 e. The zero-order chi connectivity index (χ0) is 31.6. The zero-order valence-corrected chi connectivity index (χ0v) is 24.9. The van der Waals surface area contributed by atoms with Crippen molar-refractivity contribution in [2.45, 2.75) is 44.4 Å². The Morgan fingerprint density at radius 3 is 2.73 bits per heavy atom. The van der Waals surface area contributed by atoms with Crippen molar-refractivity contribution in [3.63, 3.8) is 0 Å². The molecule has 2 aromatic heterocycles. The number of nitrogen functional groups attached to an aromatic ring is 1. The molecule has 1 aliphatic rings. The number of nitrogens with one attached hydrogen (secondary N) is 1. The number of esters is 1. The standard InChI is InChI=1S/C30H30FN6O7P/c1-18(29(39)41-15-19-8-3-2-4-9-19)36-45(40,44-24-13-7-11-20-10-5-6-12-22(20)24)42-16-21-14-23(38)28(43-21)37-17-33-25-26(32)34-30(31)35-27(25)37/h2-13,17-18,21,23,28,38H,14-16H2,1H3,(H,36,40)(H2,32,34,35)/t18-,21-,23?,28+,45?/m0/s1. The van der Waals surface area contributed by atoms with E-state index in [-0.39, 0.29) is 42.4 Å². The van der Waals surface area contributed by atoms with Crippen molar-refractivity contribution in [3.05, 3.63) is 90.8 Å².